The average Bonchev–Trinajstić information content (AvgIpc) is 3.19. The van der Waals surface area contributed by atoms with Crippen LogP contribution in [0.15, 0.2) is 101 Å². The fourth-order valence-corrected chi connectivity index (χ4v) is 5.36. The number of hydrogen-bond acceptors (Lipinski definition) is 4. The minimum absolute atomic E-state index is 0.0747. The van der Waals surface area contributed by atoms with Crippen molar-refractivity contribution in [2.45, 2.75) is 32.6 Å². The molecule has 180 valence electrons. The average molecular weight is 478 g/mol. The Kier molecular flexibility index (Phi) is 5.18. The van der Waals surface area contributed by atoms with Crippen LogP contribution in [0.5, 0.6) is 11.5 Å². The number of benzene rings is 3. The van der Waals surface area contributed by atoms with Crippen LogP contribution in [-0.2, 0) is 4.79 Å². The molecule has 4 aromatic rings. The largest absolute Gasteiger partial charge is 0.457 e. The highest BCUT2D eigenvalue weighted by atomic mass is 16.5. The second-order valence-corrected chi connectivity index (χ2v) is 10.3. The van der Waals surface area contributed by atoms with Crippen molar-refractivity contribution >= 4 is 11.6 Å². The fraction of sp³-hybridized carbons (Fsp3) is 0.200. The number of aromatic amines is 1. The highest BCUT2D eigenvalue weighted by Crippen LogP contribution is 2.48. The van der Waals surface area contributed by atoms with Crippen molar-refractivity contribution in [1.82, 2.24) is 9.78 Å². The van der Waals surface area contributed by atoms with Crippen molar-refractivity contribution in [2.24, 2.45) is 5.41 Å². The first-order valence-corrected chi connectivity index (χ1v) is 12.2. The maximum Gasteiger partial charge on any atom is 0.277 e. The van der Waals surface area contributed by atoms with Crippen LogP contribution in [0.4, 0.5) is 5.82 Å². The first-order chi connectivity index (χ1) is 17.4. The number of nitrogens with zero attached hydrogens (tertiary/aromatic N) is 1. The van der Waals surface area contributed by atoms with Crippen LogP contribution < -0.4 is 15.6 Å². The monoisotopic (exact) mass is 477 g/mol. The lowest BCUT2D eigenvalue weighted by Gasteiger charge is -2.37. The molecule has 0 bridgehead atoms. The van der Waals surface area contributed by atoms with Gasteiger partial charge in [-0.2, -0.15) is 0 Å². The fourth-order valence-electron chi connectivity index (χ4n) is 5.36. The summed E-state index contributed by atoms with van der Waals surface area (Å²) in [7, 11) is 0. The van der Waals surface area contributed by atoms with Crippen LogP contribution in [-0.4, -0.2) is 15.6 Å². The summed E-state index contributed by atoms with van der Waals surface area (Å²) in [5.41, 5.74) is 3.35. The number of carbonyl (C=O) groups excluding carboxylic acids is 1. The number of hydrogen-bond donors (Lipinski definition) is 2. The highest BCUT2D eigenvalue weighted by Gasteiger charge is 2.43. The van der Waals surface area contributed by atoms with Gasteiger partial charge in [-0.25, -0.2) is 4.68 Å². The number of ketones is 1. The third-order valence-electron chi connectivity index (χ3n) is 6.88. The molecule has 2 aliphatic rings. The van der Waals surface area contributed by atoms with Crippen LogP contribution >= 0.6 is 0 Å². The highest BCUT2D eigenvalue weighted by molar-refractivity contribution is 6.01. The number of carbonyl (C=O) groups is 1. The normalized spacial score (nSPS) is 18.3. The Morgan fingerprint density at radius 2 is 1.56 bits per heavy atom. The van der Waals surface area contributed by atoms with Crippen LogP contribution in [0.25, 0.3) is 5.69 Å². The Balaban J connectivity index is 1.51. The minimum Gasteiger partial charge on any atom is -0.457 e. The number of fused-ring (bicyclic) bond motifs is 1. The third-order valence-corrected chi connectivity index (χ3v) is 6.88. The van der Waals surface area contributed by atoms with Crippen LogP contribution in [0.1, 0.15) is 43.7 Å². The van der Waals surface area contributed by atoms with E-state index in [1.165, 1.54) is 0 Å². The van der Waals surface area contributed by atoms with E-state index in [-0.39, 0.29) is 16.8 Å². The number of Topliss-reactive ketones (excluding diaryl/α,β-unsaturated/α-hetero) is 1. The molecule has 0 fully saturated rings. The van der Waals surface area contributed by atoms with Crippen molar-refractivity contribution < 1.29 is 9.53 Å². The zero-order valence-electron chi connectivity index (χ0n) is 20.2. The standard InChI is InChI=1S/C30H27N3O3/c1-30(2)17-23-26(24(34)18-30)25(19-10-9-15-22(16-19)36-21-13-7-4-8-14-21)27-28(31-23)32-33(29(27)35)20-11-5-3-6-12-20/h3-16,25,31-32H,17-18H2,1-2H3/t25-/m0/s1. The first-order valence-electron chi connectivity index (χ1n) is 12.2. The van der Waals surface area contributed by atoms with Gasteiger partial charge in [0.2, 0.25) is 0 Å². The molecule has 3 aromatic carbocycles. The van der Waals surface area contributed by atoms with E-state index in [0.717, 1.165) is 29.1 Å². The molecule has 0 amide bonds. The molecule has 36 heavy (non-hydrogen) atoms. The molecule has 6 rings (SSSR count). The lowest BCUT2D eigenvalue weighted by atomic mass is 9.69. The summed E-state index contributed by atoms with van der Waals surface area (Å²) in [6.07, 6.45) is 1.17. The van der Waals surface area contributed by atoms with E-state index < -0.39 is 5.92 Å². The molecule has 6 heteroatoms. The van der Waals surface area contributed by atoms with Gasteiger partial charge in [0, 0.05) is 23.6 Å². The maximum absolute atomic E-state index is 13.8. The van der Waals surface area contributed by atoms with E-state index in [1.54, 1.807) is 4.68 Å². The summed E-state index contributed by atoms with van der Waals surface area (Å²) in [4.78, 5) is 27.4. The predicted octanol–water partition coefficient (Wildman–Crippen LogP) is 6.16. The minimum atomic E-state index is -0.493. The second-order valence-electron chi connectivity index (χ2n) is 10.3. The Labute approximate surface area is 209 Å². The van der Waals surface area contributed by atoms with E-state index >= 15 is 0 Å². The number of aromatic nitrogens is 2. The summed E-state index contributed by atoms with van der Waals surface area (Å²) >= 11 is 0. The molecule has 0 radical (unpaired) electrons. The van der Waals surface area contributed by atoms with Crippen molar-refractivity contribution in [1.29, 1.82) is 0 Å². The van der Waals surface area contributed by atoms with Gasteiger partial charge in [0.15, 0.2) is 5.78 Å². The molecular formula is C30H27N3O3. The molecule has 1 aliphatic heterocycles. The quantitative estimate of drug-likeness (QED) is 0.369. The van der Waals surface area contributed by atoms with Gasteiger partial charge in [-0.05, 0) is 53.8 Å². The third kappa shape index (κ3) is 3.85. The summed E-state index contributed by atoms with van der Waals surface area (Å²) in [6, 6.07) is 26.7. The molecule has 0 unspecified atom stereocenters. The number of nitrogens with one attached hydrogen (secondary N) is 2. The number of ether oxygens (including phenoxy) is 1. The molecular weight excluding hydrogens is 450 g/mol. The van der Waals surface area contributed by atoms with Gasteiger partial charge in [-0.3, -0.25) is 14.7 Å². The SMILES string of the molecule is CC1(C)CC(=O)C2=C(C1)Nc1[nH]n(-c3ccccc3)c(=O)c1[C@H]2c1cccc(Oc2ccccc2)c1. The molecule has 2 N–H and O–H groups in total. The lowest BCUT2D eigenvalue weighted by molar-refractivity contribution is -0.118. The molecule has 2 heterocycles. The topological polar surface area (TPSA) is 76.1 Å². The van der Waals surface area contributed by atoms with Crippen molar-refractivity contribution in [3.05, 3.63) is 118 Å². The summed E-state index contributed by atoms with van der Waals surface area (Å²) in [5, 5.41) is 6.69. The summed E-state index contributed by atoms with van der Waals surface area (Å²) in [6.45, 7) is 4.21. The van der Waals surface area contributed by atoms with E-state index in [9.17, 15) is 9.59 Å². The van der Waals surface area contributed by atoms with E-state index in [4.69, 9.17) is 4.74 Å². The van der Waals surface area contributed by atoms with Gasteiger partial charge in [0.05, 0.1) is 11.3 Å². The molecule has 1 aromatic heterocycles. The molecule has 0 saturated heterocycles. The van der Waals surface area contributed by atoms with E-state index in [0.29, 0.717) is 29.1 Å². The van der Waals surface area contributed by atoms with Gasteiger partial charge in [0.25, 0.3) is 5.56 Å². The molecule has 1 aliphatic carbocycles. The van der Waals surface area contributed by atoms with Gasteiger partial charge in [-0.15, -0.1) is 0 Å². The number of allylic oxidation sites excluding steroid dienone is 2. The molecule has 0 spiro atoms. The van der Waals surface area contributed by atoms with Crippen molar-refractivity contribution in [2.75, 3.05) is 5.32 Å². The number of rotatable bonds is 4. The van der Waals surface area contributed by atoms with Crippen molar-refractivity contribution in [3.8, 4) is 17.2 Å². The zero-order valence-corrected chi connectivity index (χ0v) is 20.2. The van der Waals surface area contributed by atoms with E-state index in [1.807, 2.05) is 84.9 Å². The Hall–Kier alpha value is -4.32. The number of anilines is 1. The van der Waals surface area contributed by atoms with Crippen LogP contribution in [0.2, 0.25) is 0 Å². The van der Waals surface area contributed by atoms with Gasteiger partial charge >= 0.3 is 0 Å². The second kappa shape index (κ2) is 8.41. The number of H-pyrrole nitrogens is 1. The van der Waals surface area contributed by atoms with E-state index in [2.05, 4.69) is 24.3 Å². The Morgan fingerprint density at radius 3 is 2.31 bits per heavy atom. The van der Waals surface area contributed by atoms with Gasteiger partial charge < -0.3 is 10.1 Å². The summed E-state index contributed by atoms with van der Waals surface area (Å²) in [5.74, 6) is 1.60. The van der Waals surface area contributed by atoms with Crippen molar-refractivity contribution in [3.63, 3.8) is 0 Å². The molecule has 0 saturated carbocycles. The van der Waals surface area contributed by atoms with Crippen LogP contribution in [0, 0.1) is 5.41 Å². The zero-order chi connectivity index (χ0) is 24.9. The molecule has 1 atom stereocenters. The Morgan fingerprint density at radius 1 is 0.861 bits per heavy atom. The number of para-hydroxylation sites is 2. The molecule has 6 nitrogen and oxygen atoms in total. The van der Waals surface area contributed by atoms with Gasteiger partial charge in [0.1, 0.15) is 17.3 Å². The summed E-state index contributed by atoms with van der Waals surface area (Å²) < 4.78 is 7.64. The maximum atomic E-state index is 13.8. The van der Waals surface area contributed by atoms with Crippen LogP contribution in [0.3, 0.4) is 0 Å². The first kappa shape index (κ1) is 22.2. The van der Waals surface area contributed by atoms with Gasteiger partial charge in [-0.1, -0.05) is 62.4 Å². The Bertz CT molecular complexity index is 1550. The smallest absolute Gasteiger partial charge is 0.277 e. The predicted molar refractivity (Wildman–Crippen MR) is 140 cm³/mol. The lowest BCUT2D eigenvalue weighted by Crippen LogP contribution is -2.35.